The molecular formula is C20H22FN3O6S. The highest BCUT2D eigenvalue weighted by Crippen LogP contribution is 2.29. The SMILES string of the molecule is COc1ccc(C(=O)NNC(=O)COc2cccc(F)c2)cc1S(=O)(=O)N1CCCC1. The number of nitrogens with one attached hydrogen (secondary N) is 2. The van der Waals surface area contributed by atoms with E-state index < -0.39 is 34.3 Å². The molecule has 0 aliphatic carbocycles. The maximum Gasteiger partial charge on any atom is 0.276 e. The van der Waals surface area contributed by atoms with Crippen molar-refractivity contribution in [3.63, 3.8) is 0 Å². The van der Waals surface area contributed by atoms with Gasteiger partial charge in [-0.25, -0.2) is 12.8 Å². The molecule has 0 saturated carbocycles. The number of methoxy groups -OCH3 is 1. The number of carbonyl (C=O) groups is 2. The Labute approximate surface area is 179 Å². The van der Waals surface area contributed by atoms with E-state index in [9.17, 15) is 22.4 Å². The average molecular weight is 451 g/mol. The Bertz CT molecular complexity index is 1070. The number of halogens is 1. The van der Waals surface area contributed by atoms with E-state index in [0.29, 0.717) is 13.1 Å². The quantitative estimate of drug-likeness (QED) is 0.616. The van der Waals surface area contributed by atoms with E-state index in [0.717, 1.165) is 18.9 Å². The second-order valence-corrected chi connectivity index (χ2v) is 8.63. The first-order valence-corrected chi connectivity index (χ1v) is 10.9. The number of ether oxygens (including phenoxy) is 2. The Balaban J connectivity index is 1.64. The summed E-state index contributed by atoms with van der Waals surface area (Å²) in [5, 5.41) is 0. The number of carbonyl (C=O) groups excluding carboxylic acids is 2. The minimum Gasteiger partial charge on any atom is -0.495 e. The van der Waals surface area contributed by atoms with Gasteiger partial charge in [-0.3, -0.25) is 20.4 Å². The molecule has 2 aromatic carbocycles. The monoisotopic (exact) mass is 451 g/mol. The number of benzene rings is 2. The maximum atomic E-state index is 13.1. The number of hydrogen-bond acceptors (Lipinski definition) is 6. The number of amides is 2. The number of rotatable bonds is 7. The van der Waals surface area contributed by atoms with Crippen LogP contribution in [0.2, 0.25) is 0 Å². The first-order chi connectivity index (χ1) is 14.8. The second-order valence-electron chi connectivity index (χ2n) is 6.73. The molecular weight excluding hydrogens is 429 g/mol. The molecule has 9 nitrogen and oxygen atoms in total. The third-order valence-corrected chi connectivity index (χ3v) is 6.51. The molecule has 2 aromatic rings. The van der Waals surface area contributed by atoms with E-state index in [4.69, 9.17) is 9.47 Å². The standard InChI is InChI=1S/C20H22FN3O6S/c1-29-17-8-7-14(11-18(17)31(27,28)24-9-2-3-10-24)20(26)23-22-19(25)13-30-16-6-4-5-15(21)12-16/h4-8,11-12H,2-3,9-10,13H2,1H3,(H,22,25)(H,23,26). The Morgan fingerprint density at radius 2 is 1.84 bits per heavy atom. The molecule has 0 atom stereocenters. The lowest BCUT2D eigenvalue weighted by Gasteiger charge is -2.18. The normalized spacial score (nSPS) is 14.1. The van der Waals surface area contributed by atoms with Crippen LogP contribution in [0.25, 0.3) is 0 Å². The summed E-state index contributed by atoms with van der Waals surface area (Å²) < 4.78 is 50.5. The minimum atomic E-state index is -3.82. The molecule has 1 heterocycles. The fourth-order valence-corrected chi connectivity index (χ4v) is 4.73. The smallest absolute Gasteiger partial charge is 0.276 e. The summed E-state index contributed by atoms with van der Waals surface area (Å²) in [6, 6.07) is 9.23. The highest BCUT2D eigenvalue weighted by molar-refractivity contribution is 7.89. The highest BCUT2D eigenvalue weighted by atomic mass is 32.2. The van der Waals surface area contributed by atoms with Gasteiger partial charge in [-0.05, 0) is 43.2 Å². The second kappa shape index (κ2) is 9.75. The molecule has 0 aromatic heterocycles. The molecule has 0 radical (unpaired) electrons. The van der Waals surface area contributed by atoms with Crippen LogP contribution in [-0.2, 0) is 14.8 Å². The van der Waals surface area contributed by atoms with Crippen LogP contribution in [0, 0.1) is 5.82 Å². The van der Waals surface area contributed by atoms with Gasteiger partial charge in [-0.2, -0.15) is 4.31 Å². The maximum absolute atomic E-state index is 13.1. The summed E-state index contributed by atoms with van der Waals surface area (Å²) in [5.41, 5.74) is 4.37. The third-order valence-electron chi connectivity index (χ3n) is 4.59. The molecule has 2 N–H and O–H groups in total. The number of sulfonamides is 1. The summed E-state index contributed by atoms with van der Waals surface area (Å²) in [6.45, 7) is 0.355. The molecule has 1 fully saturated rings. The van der Waals surface area contributed by atoms with Crippen molar-refractivity contribution in [2.45, 2.75) is 17.7 Å². The van der Waals surface area contributed by atoms with E-state index >= 15 is 0 Å². The molecule has 1 aliphatic heterocycles. The molecule has 1 aliphatic rings. The average Bonchev–Trinajstić information content (AvgIpc) is 3.31. The molecule has 0 unspecified atom stereocenters. The van der Waals surface area contributed by atoms with Crippen molar-refractivity contribution in [1.29, 1.82) is 0 Å². The minimum absolute atomic E-state index is 0.0184. The molecule has 0 bridgehead atoms. The number of hydrogen-bond donors (Lipinski definition) is 2. The van der Waals surface area contributed by atoms with Crippen LogP contribution >= 0.6 is 0 Å². The highest BCUT2D eigenvalue weighted by Gasteiger charge is 2.30. The molecule has 11 heteroatoms. The van der Waals surface area contributed by atoms with Gasteiger partial charge in [0.05, 0.1) is 7.11 Å². The van der Waals surface area contributed by atoms with Crippen molar-refractivity contribution < 1.29 is 31.9 Å². The van der Waals surface area contributed by atoms with E-state index in [1.165, 1.54) is 47.8 Å². The van der Waals surface area contributed by atoms with Crippen molar-refractivity contribution in [2.75, 3.05) is 26.8 Å². The molecule has 31 heavy (non-hydrogen) atoms. The Hall–Kier alpha value is -3.18. The fourth-order valence-electron chi connectivity index (χ4n) is 3.03. The Morgan fingerprint density at radius 3 is 2.52 bits per heavy atom. The van der Waals surface area contributed by atoms with Gasteiger partial charge in [0, 0.05) is 24.7 Å². The Morgan fingerprint density at radius 1 is 1.10 bits per heavy atom. The largest absolute Gasteiger partial charge is 0.495 e. The van der Waals surface area contributed by atoms with Gasteiger partial charge in [0.1, 0.15) is 22.2 Å². The molecule has 166 valence electrons. The van der Waals surface area contributed by atoms with Gasteiger partial charge in [-0.1, -0.05) is 6.07 Å². The third kappa shape index (κ3) is 5.50. The molecule has 2 amide bonds. The lowest BCUT2D eigenvalue weighted by molar-refractivity contribution is -0.123. The predicted octanol–water partition coefficient (Wildman–Crippen LogP) is 1.46. The Kier molecular flexibility index (Phi) is 7.08. The van der Waals surface area contributed by atoms with Crippen molar-refractivity contribution in [1.82, 2.24) is 15.2 Å². The first kappa shape index (κ1) is 22.5. The summed E-state index contributed by atoms with van der Waals surface area (Å²) in [5.74, 6) is -1.63. The summed E-state index contributed by atoms with van der Waals surface area (Å²) in [7, 11) is -2.48. The summed E-state index contributed by atoms with van der Waals surface area (Å²) in [6.07, 6.45) is 1.54. The zero-order chi connectivity index (χ0) is 22.4. The lowest BCUT2D eigenvalue weighted by atomic mass is 10.2. The van der Waals surface area contributed by atoms with Gasteiger partial charge >= 0.3 is 0 Å². The van der Waals surface area contributed by atoms with Gasteiger partial charge in [0.2, 0.25) is 10.0 Å². The van der Waals surface area contributed by atoms with Crippen molar-refractivity contribution in [2.24, 2.45) is 0 Å². The predicted molar refractivity (Wildman–Crippen MR) is 108 cm³/mol. The lowest BCUT2D eigenvalue weighted by Crippen LogP contribution is -2.43. The van der Waals surface area contributed by atoms with E-state index in [-0.39, 0.29) is 22.0 Å². The first-order valence-electron chi connectivity index (χ1n) is 9.47. The molecule has 3 rings (SSSR count). The van der Waals surface area contributed by atoms with Gasteiger partial charge in [0.15, 0.2) is 6.61 Å². The molecule has 0 spiro atoms. The van der Waals surface area contributed by atoms with Crippen LogP contribution in [0.5, 0.6) is 11.5 Å². The van der Waals surface area contributed by atoms with Gasteiger partial charge < -0.3 is 9.47 Å². The molecule has 1 saturated heterocycles. The van der Waals surface area contributed by atoms with E-state index in [2.05, 4.69) is 10.9 Å². The van der Waals surface area contributed by atoms with Crippen LogP contribution < -0.4 is 20.3 Å². The van der Waals surface area contributed by atoms with Gasteiger partial charge in [-0.15, -0.1) is 0 Å². The van der Waals surface area contributed by atoms with Crippen LogP contribution in [0.15, 0.2) is 47.4 Å². The van der Waals surface area contributed by atoms with Crippen molar-refractivity contribution in [3.05, 3.63) is 53.8 Å². The number of nitrogens with zero attached hydrogens (tertiary/aromatic N) is 1. The summed E-state index contributed by atoms with van der Waals surface area (Å²) >= 11 is 0. The zero-order valence-electron chi connectivity index (χ0n) is 16.8. The van der Waals surface area contributed by atoms with E-state index in [1.807, 2.05) is 0 Å². The topological polar surface area (TPSA) is 114 Å². The van der Waals surface area contributed by atoms with Gasteiger partial charge in [0.25, 0.3) is 11.8 Å². The fraction of sp³-hybridized carbons (Fsp3) is 0.300. The van der Waals surface area contributed by atoms with Crippen molar-refractivity contribution >= 4 is 21.8 Å². The van der Waals surface area contributed by atoms with Crippen LogP contribution in [0.1, 0.15) is 23.2 Å². The van der Waals surface area contributed by atoms with Crippen LogP contribution in [0.4, 0.5) is 4.39 Å². The van der Waals surface area contributed by atoms with E-state index in [1.54, 1.807) is 0 Å². The van der Waals surface area contributed by atoms with Crippen molar-refractivity contribution in [3.8, 4) is 11.5 Å². The van der Waals surface area contributed by atoms with Crippen LogP contribution in [0.3, 0.4) is 0 Å². The zero-order valence-corrected chi connectivity index (χ0v) is 17.6. The number of hydrazine groups is 1. The van der Waals surface area contributed by atoms with Crippen LogP contribution in [-0.4, -0.2) is 51.3 Å². The summed E-state index contributed by atoms with van der Waals surface area (Å²) in [4.78, 5) is 24.2.